The number of rotatable bonds is 7. The molecule has 118 valence electrons. The smallest absolute Gasteiger partial charge is 0.251 e. The number of thiazole rings is 1. The summed E-state index contributed by atoms with van der Waals surface area (Å²) < 4.78 is 0.963. The molecule has 0 saturated heterocycles. The van der Waals surface area contributed by atoms with E-state index < -0.39 is 0 Å². The third-order valence-electron chi connectivity index (χ3n) is 3.39. The largest absolute Gasteiger partial charge is 0.346 e. The van der Waals surface area contributed by atoms with Crippen LogP contribution in [0.15, 0.2) is 34.1 Å². The molecule has 0 aliphatic heterocycles. The number of carbonyl (C=O) groups excluding carboxylic acids is 1. The zero-order valence-electron chi connectivity index (χ0n) is 12.8. The Balaban J connectivity index is 1.88. The molecule has 1 aromatic heterocycles. The van der Waals surface area contributed by atoms with Crippen LogP contribution in [0, 0.1) is 0 Å². The van der Waals surface area contributed by atoms with Crippen LogP contribution in [0.25, 0.3) is 0 Å². The number of aromatic nitrogens is 1. The van der Waals surface area contributed by atoms with Gasteiger partial charge in [0, 0.05) is 22.0 Å². The van der Waals surface area contributed by atoms with E-state index in [-0.39, 0.29) is 5.91 Å². The molecule has 0 aliphatic carbocycles. The third kappa shape index (κ3) is 4.90. The van der Waals surface area contributed by atoms with E-state index in [1.165, 1.54) is 0 Å². The van der Waals surface area contributed by atoms with Crippen molar-refractivity contribution in [1.29, 1.82) is 0 Å². The zero-order valence-corrected chi connectivity index (χ0v) is 15.2. The summed E-state index contributed by atoms with van der Waals surface area (Å²) in [6.45, 7) is 7.67. The maximum absolute atomic E-state index is 12.0. The van der Waals surface area contributed by atoms with Gasteiger partial charge in [-0.05, 0) is 37.4 Å². The minimum Gasteiger partial charge on any atom is -0.346 e. The lowest BCUT2D eigenvalue weighted by Crippen LogP contribution is -2.23. The van der Waals surface area contributed by atoms with Crippen molar-refractivity contribution in [2.45, 2.75) is 26.9 Å². The van der Waals surface area contributed by atoms with Crippen molar-refractivity contribution >= 4 is 33.2 Å². The molecule has 1 aromatic carbocycles. The summed E-state index contributed by atoms with van der Waals surface area (Å²) in [5, 5.41) is 5.92. The monoisotopic (exact) mass is 381 g/mol. The van der Waals surface area contributed by atoms with E-state index in [1.54, 1.807) is 23.5 Å². The van der Waals surface area contributed by atoms with Gasteiger partial charge >= 0.3 is 0 Å². The Kier molecular flexibility index (Phi) is 6.54. The van der Waals surface area contributed by atoms with E-state index in [9.17, 15) is 4.79 Å². The van der Waals surface area contributed by atoms with Crippen molar-refractivity contribution in [1.82, 2.24) is 15.2 Å². The van der Waals surface area contributed by atoms with Gasteiger partial charge in [0.2, 0.25) is 0 Å². The van der Waals surface area contributed by atoms with Crippen LogP contribution in [-0.4, -0.2) is 28.9 Å². The second-order valence-corrected chi connectivity index (χ2v) is 6.74. The molecular weight excluding hydrogens is 362 g/mol. The van der Waals surface area contributed by atoms with Crippen LogP contribution in [0.2, 0.25) is 0 Å². The topological polar surface area (TPSA) is 45.2 Å². The van der Waals surface area contributed by atoms with Crippen LogP contribution < -0.4 is 5.32 Å². The maximum Gasteiger partial charge on any atom is 0.251 e. The predicted molar refractivity (Wildman–Crippen MR) is 94.1 cm³/mol. The molecule has 1 N–H and O–H groups in total. The summed E-state index contributed by atoms with van der Waals surface area (Å²) in [5.41, 5.74) is 1.73. The van der Waals surface area contributed by atoms with Gasteiger partial charge in [0.1, 0.15) is 5.01 Å². The van der Waals surface area contributed by atoms with E-state index in [1.807, 2.05) is 12.1 Å². The lowest BCUT2D eigenvalue weighted by molar-refractivity contribution is 0.0951. The van der Waals surface area contributed by atoms with Gasteiger partial charge in [0.05, 0.1) is 12.2 Å². The van der Waals surface area contributed by atoms with Gasteiger partial charge < -0.3 is 5.32 Å². The summed E-state index contributed by atoms with van der Waals surface area (Å²) in [5.74, 6) is -0.0759. The lowest BCUT2D eigenvalue weighted by Gasteiger charge is -2.15. The number of amides is 1. The highest BCUT2D eigenvalue weighted by Gasteiger charge is 2.08. The molecule has 0 unspecified atom stereocenters. The SMILES string of the molecule is CCN(CC)Cc1csc(CNC(=O)c2ccc(Br)cc2)n1. The number of benzene rings is 1. The van der Waals surface area contributed by atoms with E-state index in [0.29, 0.717) is 12.1 Å². The Bertz CT molecular complexity index is 608. The predicted octanol–water partition coefficient (Wildman–Crippen LogP) is 3.68. The molecular formula is C16H20BrN3OS. The summed E-state index contributed by atoms with van der Waals surface area (Å²) >= 11 is 4.95. The Morgan fingerprint density at radius 2 is 1.95 bits per heavy atom. The third-order valence-corrected chi connectivity index (χ3v) is 4.81. The van der Waals surface area contributed by atoms with Crippen molar-refractivity contribution in [2.75, 3.05) is 13.1 Å². The van der Waals surface area contributed by atoms with E-state index in [0.717, 1.165) is 34.8 Å². The van der Waals surface area contributed by atoms with Gasteiger partial charge in [-0.1, -0.05) is 29.8 Å². The minimum absolute atomic E-state index is 0.0759. The number of hydrogen-bond acceptors (Lipinski definition) is 4. The molecule has 4 nitrogen and oxygen atoms in total. The average Bonchev–Trinajstić information content (AvgIpc) is 2.98. The molecule has 0 fully saturated rings. The highest BCUT2D eigenvalue weighted by molar-refractivity contribution is 9.10. The number of hydrogen-bond donors (Lipinski definition) is 1. The highest BCUT2D eigenvalue weighted by atomic mass is 79.9. The average molecular weight is 382 g/mol. The molecule has 0 saturated carbocycles. The summed E-state index contributed by atoms with van der Waals surface area (Å²) in [4.78, 5) is 18.9. The first-order valence-corrected chi connectivity index (χ1v) is 8.99. The summed E-state index contributed by atoms with van der Waals surface area (Å²) in [7, 11) is 0. The van der Waals surface area contributed by atoms with Gasteiger partial charge in [-0.25, -0.2) is 4.98 Å². The van der Waals surface area contributed by atoms with Crippen LogP contribution >= 0.6 is 27.3 Å². The molecule has 0 aliphatic rings. The molecule has 0 atom stereocenters. The first-order chi connectivity index (χ1) is 10.6. The van der Waals surface area contributed by atoms with Gasteiger partial charge in [-0.2, -0.15) is 0 Å². The van der Waals surface area contributed by atoms with Gasteiger partial charge in [0.15, 0.2) is 0 Å². The maximum atomic E-state index is 12.0. The molecule has 1 heterocycles. The fourth-order valence-corrected chi connectivity index (χ4v) is 3.03. The highest BCUT2D eigenvalue weighted by Crippen LogP contribution is 2.13. The Labute approximate surface area is 143 Å². The second kappa shape index (κ2) is 8.41. The molecule has 6 heteroatoms. The molecule has 0 radical (unpaired) electrons. The van der Waals surface area contributed by atoms with Crippen molar-refractivity contribution in [2.24, 2.45) is 0 Å². The van der Waals surface area contributed by atoms with Crippen molar-refractivity contribution < 1.29 is 4.79 Å². The van der Waals surface area contributed by atoms with E-state index >= 15 is 0 Å². The fourth-order valence-electron chi connectivity index (χ4n) is 2.04. The Morgan fingerprint density at radius 3 is 2.59 bits per heavy atom. The van der Waals surface area contributed by atoms with Crippen LogP contribution in [0.4, 0.5) is 0 Å². The number of halogens is 1. The zero-order chi connectivity index (χ0) is 15.9. The van der Waals surface area contributed by atoms with Crippen LogP contribution in [0.3, 0.4) is 0 Å². The van der Waals surface area contributed by atoms with Crippen LogP contribution in [0.5, 0.6) is 0 Å². The summed E-state index contributed by atoms with van der Waals surface area (Å²) in [6.07, 6.45) is 0. The molecule has 0 bridgehead atoms. The van der Waals surface area contributed by atoms with Crippen LogP contribution in [-0.2, 0) is 13.1 Å². The number of nitrogens with one attached hydrogen (secondary N) is 1. The van der Waals surface area contributed by atoms with Gasteiger partial charge in [-0.15, -0.1) is 11.3 Å². The summed E-state index contributed by atoms with van der Waals surface area (Å²) in [6, 6.07) is 7.32. The first kappa shape index (κ1) is 17.1. The molecule has 0 spiro atoms. The van der Waals surface area contributed by atoms with E-state index in [2.05, 4.69) is 50.4 Å². The van der Waals surface area contributed by atoms with Gasteiger partial charge in [0.25, 0.3) is 5.91 Å². The number of nitrogens with zero attached hydrogens (tertiary/aromatic N) is 2. The lowest BCUT2D eigenvalue weighted by atomic mass is 10.2. The Hall–Kier alpha value is -1.24. The molecule has 2 rings (SSSR count). The minimum atomic E-state index is -0.0759. The van der Waals surface area contributed by atoms with Crippen molar-refractivity contribution in [3.05, 3.63) is 50.4 Å². The normalized spacial score (nSPS) is 10.9. The second-order valence-electron chi connectivity index (χ2n) is 4.88. The molecule has 2 aromatic rings. The van der Waals surface area contributed by atoms with Crippen LogP contribution in [0.1, 0.15) is 34.9 Å². The van der Waals surface area contributed by atoms with Crippen molar-refractivity contribution in [3.8, 4) is 0 Å². The Morgan fingerprint density at radius 1 is 1.27 bits per heavy atom. The quantitative estimate of drug-likeness (QED) is 0.795. The molecule has 1 amide bonds. The fraction of sp³-hybridized carbons (Fsp3) is 0.375. The van der Waals surface area contributed by atoms with E-state index in [4.69, 9.17) is 0 Å². The molecule has 22 heavy (non-hydrogen) atoms. The number of carbonyl (C=O) groups is 1. The van der Waals surface area contributed by atoms with Crippen molar-refractivity contribution in [3.63, 3.8) is 0 Å². The van der Waals surface area contributed by atoms with Gasteiger partial charge in [-0.3, -0.25) is 9.69 Å². The standard InChI is InChI=1S/C16H20BrN3OS/c1-3-20(4-2)10-14-11-22-15(19-14)9-18-16(21)12-5-7-13(17)8-6-12/h5-8,11H,3-4,9-10H2,1-2H3,(H,18,21). The first-order valence-electron chi connectivity index (χ1n) is 7.31.